The summed E-state index contributed by atoms with van der Waals surface area (Å²) in [5, 5.41) is 13.3. The summed E-state index contributed by atoms with van der Waals surface area (Å²) >= 11 is 1.60. The maximum atomic E-state index is 11.0. The number of anilines is 1. The quantitative estimate of drug-likeness (QED) is 0.867. The molecule has 0 radical (unpaired) electrons. The average molecular weight is 254 g/mol. The number of carbonyl (C=O) groups is 1. The fourth-order valence-corrected chi connectivity index (χ4v) is 3.03. The highest BCUT2D eigenvalue weighted by atomic mass is 32.1. The van der Waals surface area contributed by atoms with E-state index in [4.69, 9.17) is 5.11 Å². The van der Waals surface area contributed by atoms with Gasteiger partial charge in [-0.15, -0.1) is 11.3 Å². The smallest absolute Gasteiger partial charge is 0.312 e. The fourth-order valence-electron chi connectivity index (χ4n) is 1.89. The molecule has 0 aromatic carbocycles. The van der Waals surface area contributed by atoms with E-state index in [1.165, 1.54) is 0 Å². The molecule has 1 aromatic heterocycles. The predicted octanol–water partition coefficient (Wildman–Crippen LogP) is 2.71. The van der Waals surface area contributed by atoms with Gasteiger partial charge in [0, 0.05) is 10.9 Å². The van der Waals surface area contributed by atoms with Crippen molar-refractivity contribution in [1.29, 1.82) is 0 Å². The van der Waals surface area contributed by atoms with E-state index >= 15 is 0 Å². The Labute approximate surface area is 105 Å². The Morgan fingerprint density at radius 3 is 2.82 bits per heavy atom. The van der Waals surface area contributed by atoms with E-state index in [2.05, 4.69) is 31.1 Å². The van der Waals surface area contributed by atoms with Crippen LogP contribution in [0.5, 0.6) is 0 Å². The van der Waals surface area contributed by atoms with E-state index in [1.807, 2.05) is 0 Å². The summed E-state index contributed by atoms with van der Waals surface area (Å²) in [7, 11) is 0. The number of nitrogens with one attached hydrogen (secondary N) is 1. The molecule has 0 fully saturated rings. The van der Waals surface area contributed by atoms with Crippen LogP contribution >= 0.6 is 11.3 Å². The lowest BCUT2D eigenvalue weighted by atomic mass is 10.1. The molecule has 2 rings (SSSR count). The monoisotopic (exact) mass is 254 g/mol. The Kier molecular flexibility index (Phi) is 3.38. The van der Waals surface area contributed by atoms with Crippen LogP contribution in [0.1, 0.15) is 43.7 Å². The van der Waals surface area contributed by atoms with Gasteiger partial charge in [-0.05, 0) is 25.7 Å². The number of carboxylic acid groups (broad SMARTS) is 1. The van der Waals surface area contributed by atoms with Crippen molar-refractivity contribution in [3.05, 3.63) is 10.6 Å². The minimum atomic E-state index is -0.752. The van der Waals surface area contributed by atoms with Gasteiger partial charge in [-0.25, -0.2) is 4.98 Å². The maximum Gasteiger partial charge on any atom is 0.312 e. The number of fused-ring (bicyclic) bond motifs is 1. The van der Waals surface area contributed by atoms with Gasteiger partial charge in [0.25, 0.3) is 0 Å². The lowest BCUT2D eigenvalue weighted by molar-refractivity contribution is -0.138. The molecule has 1 aliphatic rings. The Bertz CT molecular complexity index is 428. The van der Waals surface area contributed by atoms with Gasteiger partial charge in [-0.2, -0.15) is 0 Å². The van der Waals surface area contributed by atoms with Gasteiger partial charge in [0.05, 0.1) is 5.69 Å². The number of aryl methyl sites for hydroxylation is 1. The number of nitrogens with zero attached hydrogens (tertiary/aromatic N) is 1. The van der Waals surface area contributed by atoms with Crippen LogP contribution in [0.15, 0.2) is 0 Å². The van der Waals surface area contributed by atoms with Crippen LogP contribution in [-0.2, 0) is 11.2 Å². The number of thiazole rings is 1. The van der Waals surface area contributed by atoms with Gasteiger partial charge in [0.2, 0.25) is 0 Å². The molecule has 5 heteroatoms. The molecule has 2 N–H and O–H groups in total. The third kappa shape index (κ3) is 2.44. The highest BCUT2D eigenvalue weighted by Crippen LogP contribution is 2.38. The molecule has 1 heterocycles. The molecule has 94 valence electrons. The van der Waals surface area contributed by atoms with Gasteiger partial charge < -0.3 is 10.4 Å². The summed E-state index contributed by atoms with van der Waals surface area (Å²) in [6.07, 6.45) is 1.55. The molecule has 0 bridgehead atoms. The van der Waals surface area contributed by atoms with Gasteiger partial charge in [-0.1, -0.05) is 13.8 Å². The average Bonchev–Trinajstić information content (AvgIpc) is 2.75. The second kappa shape index (κ2) is 4.64. The van der Waals surface area contributed by atoms with Crippen molar-refractivity contribution < 1.29 is 9.90 Å². The zero-order valence-corrected chi connectivity index (χ0v) is 11.2. The number of rotatable bonds is 4. The van der Waals surface area contributed by atoms with Gasteiger partial charge >= 0.3 is 5.97 Å². The van der Waals surface area contributed by atoms with Gasteiger partial charge in [0.15, 0.2) is 5.13 Å². The van der Waals surface area contributed by atoms with Crippen molar-refractivity contribution in [2.45, 2.75) is 45.6 Å². The SMILES string of the molecule is CC(C)C(C)Nc1nc2c(s1)CCC2C(=O)O. The van der Waals surface area contributed by atoms with E-state index in [9.17, 15) is 4.79 Å². The van der Waals surface area contributed by atoms with E-state index in [0.29, 0.717) is 18.4 Å². The summed E-state index contributed by atoms with van der Waals surface area (Å²) < 4.78 is 0. The third-order valence-corrected chi connectivity index (χ3v) is 4.43. The summed E-state index contributed by atoms with van der Waals surface area (Å²) in [5.41, 5.74) is 0.779. The van der Waals surface area contributed by atoms with E-state index in [0.717, 1.165) is 22.1 Å². The number of hydrogen-bond acceptors (Lipinski definition) is 4. The van der Waals surface area contributed by atoms with Crippen LogP contribution in [0.2, 0.25) is 0 Å². The summed E-state index contributed by atoms with van der Waals surface area (Å²) in [4.78, 5) is 16.6. The Hall–Kier alpha value is -1.10. The first-order chi connectivity index (χ1) is 7.99. The van der Waals surface area contributed by atoms with Crippen molar-refractivity contribution in [2.75, 3.05) is 5.32 Å². The Morgan fingerprint density at radius 1 is 1.53 bits per heavy atom. The first kappa shape index (κ1) is 12.4. The molecular formula is C12H18N2O2S. The standard InChI is InChI=1S/C12H18N2O2S/c1-6(2)7(3)13-12-14-10-8(11(15)16)4-5-9(10)17-12/h6-8H,4-5H2,1-3H3,(H,13,14)(H,15,16). The van der Waals surface area contributed by atoms with Crippen LogP contribution in [0.25, 0.3) is 0 Å². The molecule has 0 saturated carbocycles. The molecule has 1 aliphatic carbocycles. The number of hydrogen-bond donors (Lipinski definition) is 2. The summed E-state index contributed by atoms with van der Waals surface area (Å²) in [5.74, 6) is -0.618. The third-order valence-electron chi connectivity index (χ3n) is 3.37. The molecule has 0 spiro atoms. The van der Waals surface area contributed by atoms with Crippen LogP contribution < -0.4 is 5.32 Å². The van der Waals surface area contributed by atoms with Gasteiger partial charge in [-0.3, -0.25) is 4.79 Å². The minimum Gasteiger partial charge on any atom is -0.481 e. The van der Waals surface area contributed by atoms with Crippen LogP contribution in [-0.4, -0.2) is 22.1 Å². The van der Waals surface area contributed by atoms with Crippen molar-refractivity contribution in [2.24, 2.45) is 5.92 Å². The zero-order chi connectivity index (χ0) is 12.6. The van der Waals surface area contributed by atoms with Gasteiger partial charge in [0.1, 0.15) is 5.92 Å². The largest absolute Gasteiger partial charge is 0.481 e. The number of aliphatic carboxylic acids is 1. The number of carboxylic acids is 1. The molecule has 0 aliphatic heterocycles. The summed E-state index contributed by atoms with van der Waals surface area (Å²) in [6, 6.07) is 0.351. The molecular weight excluding hydrogens is 236 g/mol. The van der Waals surface area contributed by atoms with Crippen molar-refractivity contribution in [1.82, 2.24) is 4.98 Å². The fraction of sp³-hybridized carbons (Fsp3) is 0.667. The Balaban J connectivity index is 2.14. The molecule has 0 amide bonds. The molecule has 0 saturated heterocycles. The highest BCUT2D eigenvalue weighted by Gasteiger charge is 2.32. The lowest BCUT2D eigenvalue weighted by Gasteiger charge is -2.16. The number of aromatic nitrogens is 1. The predicted molar refractivity (Wildman–Crippen MR) is 68.7 cm³/mol. The van der Waals surface area contributed by atoms with Crippen molar-refractivity contribution in [3.63, 3.8) is 0 Å². The second-order valence-electron chi connectivity index (χ2n) is 4.93. The summed E-state index contributed by atoms with van der Waals surface area (Å²) in [6.45, 7) is 6.42. The topological polar surface area (TPSA) is 62.2 Å². The molecule has 1 aromatic rings. The first-order valence-corrected chi connectivity index (χ1v) is 6.79. The van der Waals surface area contributed by atoms with Crippen LogP contribution in [0.4, 0.5) is 5.13 Å². The first-order valence-electron chi connectivity index (χ1n) is 5.98. The Morgan fingerprint density at radius 2 is 2.24 bits per heavy atom. The van der Waals surface area contributed by atoms with E-state index in [-0.39, 0.29) is 0 Å². The normalized spacial score (nSPS) is 20.4. The maximum absolute atomic E-state index is 11.0. The molecule has 4 nitrogen and oxygen atoms in total. The van der Waals surface area contributed by atoms with E-state index < -0.39 is 11.9 Å². The van der Waals surface area contributed by atoms with Crippen molar-refractivity contribution in [3.8, 4) is 0 Å². The lowest BCUT2D eigenvalue weighted by Crippen LogP contribution is -2.21. The zero-order valence-electron chi connectivity index (χ0n) is 10.4. The molecule has 2 atom stereocenters. The molecule has 2 unspecified atom stereocenters. The van der Waals surface area contributed by atoms with Crippen LogP contribution in [0, 0.1) is 5.92 Å². The second-order valence-corrected chi connectivity index (χ2v) is 6.02. The minimum absolute atomic E-state index is 0.351. The van der Waals surface area contributed by atoms with Crippen LogP contribution in [0.3, 0.4) is 0 Å². The van der Waals surface area contributed by atoms with E-state index in [1.54, 1.807) is 11.3 Å². The molecule has 17 heavy (non-hydrogen) atoms. The van der Waals surface area contributed by atoms with Crippen molar-refractivity contribution >= 4 is 22.4 Å². The highest BCUT2D eigenvalue weighted by molar-refractivity contribution is 7.15.